The molecule has 1 atom stereocenters. The fraction of sp³-hybridized carbons (Fsp3) is 0.333. The van der Waals surface area contributed by atoms with E-state index in [4.69, 9.17) is 0 Å². The van der Waals surface area contributed by atoms with Crippen LogP contribution in [0.5, 0.6) is 0 Å². The standard InChI is InChI=1S/C18H23N/c1-16(18-13-7-4-8-14-18)19(2)15-9-12-17-10-5-3-6-11-17/h3-8,10-11,13-14,16H,9,12,15H2,1-2H3. The molecule has 0 amide bonds. The highest BCUT2D eigenvalue weighted by atomic mass is 15.1. The van der Waals surface area contributed by atoms with E-state index in [1.165, 1.54) is 17.5 Å². The van der Waals surface area contributed by atoms with E-state index in [0.717, 1.165) is 13.0 Å². The minimum absolute atomic E-state index is 0.483. The van der Waals surface area contributed by atoms with Gasteiger partial charge in [-0.05, 0) is 44.5 Å². The van der Waals surface area contributed by atoms with Crippen LogP contribution in [0, 0.1) is 0 Å². The van der Waals surface area contributed by atoms with Gasteiger partial charge >= 0.3 is 0 Å². The van der Waals surface area contributed by atoms with Gasteiger partial charge in [-0.25, -0.2) is 0 Å². The molecule has 0 aromatic heterocycles. The second kappa shape index (κ2) is 7.10. The first-order valence-corrected chi connectivity index (χ1v) is 7.06. The van der Waals surface area contributed by atoms with Crippen LogP contribution in [0.4, 0.5) is 0 Å². The molecule has 2 aromatic rings. The first kappa shape index (κ1) is 13.8. The van der Waals surface area contributed by atoms with E-state index in [9.17, 15) is 0 Å². The molecule has 0 saturated heterocycles. The third-order valence-corrected chi connectivity index (χ3v) is 3.76. The van der Waals surface area contributed by atoms with E-state index < -0.39 is 0 Å². The van der Waals surface area contributed by atoms with Crippen molar-refractivity contribution in [3.05, 3.63) is 71.8 Å². The third-order valence-electron chi connectivity index (χ3n) is 3.76. The lowest BCUT2D eigenvalue weighted by molar-refractivity contribution is 0.258. The summed E-state index contributed by atoms with van der Waals surface area (Å²) < 4.78 is 0. The van der Waals surface area contributed by atoms with Crippen molar-refractivity contribution in [3.8, 4) is 0 Å². The predicted octanol–water partition coefficient (Wildman–Crippen LogP) is 4.31. The van der Waals surface area contributed by atoms with Crippen LogP contribution in [0.15, 0.2) is 60.7 Å². The summed E-state index contributed by atoms with van der Waals surface area (Å²) in [6.45, 7) is 3.41. The fourth-order valence-electron chi connectivity index (χ4n) is 2.36. The molecule has 0 bridgehead atoms. The largest absolute Gasteiger partial charge is 0.300 e. The Hall–Kier alpha value is -1.60. The van der Waals surface area contributed by atoms with Gasteiger partial charge in [0.15, 0.2) is 0 Å². The molecule has 0 spiro atoms. The van der Waals surface area contributed by atoms with E-state index in [-0.39, 0.29) is 0 Å². The SMILES string of the molecule is CC(c1ccccc1)N(C)CCCc1ccccc1. The van der Waals surface area contributed by atoms with E-state index in [2.05, 4.69) is 79.5 Å². The average Bonchev–Trinajstić information content (AvgIpc) is 2.48. The summed E-state index contributed by atoms with van der Waals surface area (Å²) >= 11 is 0. The molecule has 2 aromatic carbocycles. The first-order valence-electron chi connectivity index (χ1n) is 7.06. The van der Waals surface area contributed by atoms with Gasteiger partial charge in [0.1, 0.15) is 0 Å². The van der Waals surface area contributed by atoms with Gasteiger partial charge in [0.25, 0.3) is 0 Å². The zero-order valence-electron chi connectivity index (χ0n) is 11.9. The van der Waals surface area contributed by atoms with E-state index in [1.54, 1.807) is 0 Å². The molecular formula is C18H23N. The molecule has 19 heavy (non-hydrogen) atoms. The molecule has 1 nitrogen and oxygen atoms in total. The van der Waals surface area contributed by atoms with Crippen molar-refractivity contribution in [2.24, 2.45) is 0 Å². The van der Waals surface area contributed by atoms with Crippen molar-refractivity contribution in [3.63, 3.8) is 0 Å². The zero-order valence-corrected chi connectivity index (χ0v) is 11.9. The number of nitrogens with zero attached hydrogens (tertiary/aromatic N) is 1. The van der Waals surface area contributed by atoms with Gasteiger partial charge in [0.2, 0.25) is 0 Å². The summed E-state index contributed by atoms with van der Waals surface area (Å²) in [5.41, 5.74) is 2.83. The summed E-state index contributed by atoms with van der Waals surface area (Å²) in [6.07, 6.45) is 2.37. The van der Waals surface area contributed by atoms with Gasteiger partial charge in [-0.3, -0.25) is 4.90 Å². The summed E-state index contributed by atoms with van der Waals surface area (Å²) in [5.74, 6) is 0. The highest BCUT2D eigenvalue weighted by Crippen LogP contribution is 2.18. The minimum Gasteiger partial charge on any atom is -0.300 e. The molecule has 0 fully saturated rings. The Kier molecular flexibility index (Phi) is 5.17. The lowest BCUT2D eigenvalue weighted by Gasteiger charge is -2.25. The van der Waals surface area contributed by atoms with Crippen LogP contribution >= 0.6 is 0 Å². The number of benzene rings is 2. The van der Waals surface area contributed by atoms with Crippen molar-refractivity contribution >= 4 is 0 Å². The summed E-state index contributed by atoms with van der Waals surface area (Å²) in [7, 11) is 2.21. The van der Waals surface area contributed by atoms with Crippen LogP contribution in [-0.2, 0) is 6.42 Å². The molecule has 0 aliphatic heterocycles. The minimum atomic E-state index is 0.483. The Morgan fingerprint density at radius 2 is 1.47 bits per heavy atom. The van der Waals surface area contributed by atoms with Gasteiger partial charge in [-0.15, -0.1) is 0 Å². The topological polar surface area (TPSA) is 3.24 Å². The van der Waals surface area contributed by atoms with Gasteiger partial charge in [0, 0.05) is 6.04 Å². The highest BCUT2D eigenvalue weighted by Gasteiger charge is 2.10. The fourth-order valence-corrected chi connectivity index (χ4v) is 2.36. The summed E-state index contributed by atoms with van der Waals surface area (Å²) in [5, 5.41) is 0. The second-order valence-electron chi connectivity index (χ2n) is 5.16. The summed E-state index contributed by atoms with van der Waals surface area (Å²) in [6, 6.07) is 21.9. The molecule has 0 saturated carbocycles. The highest BCUT2D eigenvalue weighted by molar-refractivity contribution is 5.18. The predicted molar refractivity (Wildman–Crippen MR) is 82.3 cm³/mol. The van der Waals surface area contributed by atoms with Crippen molar-refractivity contribution in [1.29, 1.82) is 0 Å². The second-order valence-corrected chi connectivity index (χ2v) is 5.16. The van der Waals surface area contributed by atoms with Crippen LogP contribution in [0.25, 0.3) is 0 Å². The maximum absolute atomic E-state index is 2.43. The smallest absolute Gasteiger partial charge is 0.0316 e. The first-order chi connectivity index (χ1) is 9.27. The zero-order chi connectivity index (χ0) is 13.5. The van der Waals surface area contributed by atoms with E-state index >= 15 is 0 Å². The Morgan fingerprint density at radius 3 is 2.11 bits per heavy atom. The van der Waals surface area contributed by atoms with E-state index in [1.807, 2.05) is 0 Å². The third kappa shape index (κ3) is 4.22. The van der Waals surface area contributed by atoms with Gasteiger partial charge in [-0.1, -0.05) is 60.7 Å². The van der Waals surface area contributed by atoms with Crippen LogP contribution in [0.1, 0.15) is 30.5 Å². The number of hydrogen-bond donors (Lipinski definition) is 0. The Labute approximate surface area is 116 Å². The molecule has 0 aliphatic carbocycles. The van der Waals surface area contributed by atoms with Crippen molar-refractivity contribution < 1.29 is 0 Å². The molecular weight excluding hydrogens is 230 g/mol. The maximum Gasteiger partial charge on any atom is 0.0316 e. The number of rotatable bonds is 6. The van der Waals surface area contributed by atoms with Crippen LogP contribution in [-0.4, -0.2) is 18.5 Å². The molecule has 0 N–H and O–H groups in total. The average molecular weight is 253 g/mol. The van der Waals surface area contributed by atoms with Gasteiger partial charge in [0.05, 0.1) is 0 Å². The van der Waals surface area contributed by atoms with E-state index in [0.29, 0.717) is 6.04 Å². The number of aryl methyl sites for hydroxylation is 1. The Bertz CT molecular complexity index is 464. The van der Waals surface area contributed by atoms with Crippen molar-refractivity contribution in [2.75, 3.05) is 13.6 Å². The molecule has 0 radical (unpaired) electrons. The Balaban J connectivity index is 1.80. The van der Waals surface area contributed by atoms with Crippen LogP contribution < -0.4 is 0 Å². The normalized spacial score (nSPS) is 12.6. The van der Waals surface area contributed by atoms with Crippen molar-refractivity contribution in [2.45, 2.75) is 25.8 Å². The van der Waals surface area contributed by atoms with Crippen LogP contribution in [0.3, 0.4) is 0 Å². The van der Waals surface area contributed by atoms with Gasteiger partial charge < -0.3 is 0 Å². The lowest BCUT2D eigenvalue weighted by atomic mass is 10.1. The quantitative estimate of drug-likeness (QED) is 0.741. The molecule has 0 heterocycles. The molecule has 100 valence electrons. The van der Waals surface area contributed by atoms with Crippen LogP contribution in [0.2, 0.25) is 0 Å². The lowest BCUT2D eigenvalue weighted by Crippen LogP contribution is -2.23. The molecule has 1 heteroatoms. The maximum atomic E-state index is 2.43. The Morgan fingerprint density at radius 1 is 0.895 bits per heavy atom. The molecule has 0 aliphatic rings. The van der Waals surface area contributed by atoms with Gasteiger partial charge in [-0.2, -0.15) is 0 Å². The number of hydrogen-bond acceptors (Lipinski definition) is 1. The van der Waals surface area contributed by atoms with Crippen molar-refractivity contribution in [1.82, 2.24) is 4.90 Å². The molecule has 1 unspecified atom stereocenters. The summed E-state index contributed by atoms with van der Waals surface area (Å²) in [4.78, 5) is 2.43. The molecule has 2 rings (SSSR count). The monoisotopic (exact) mass is 253 g/mol.